The molecule has 0 unspecified atom stereocenters. The van der Waals surface area contributed by atoms with E-state index in [0.29, 0.717) is 13.2 Å². The van der Waals surface area contributed by atoms with Gasteiger partial charge in [0.25, 0.3) is 0 Å². The van der Waals surface area contributed by atoms with Gasteiger partial charge in [-0.15, -0.1) is 11.3 Å². The zero-order valence-corrected chi connectivity index (χ0v) is 17.5. The minimum absolute atomic E-state index is 0.170. The minimum Gasteiger partial charge on any atom is -0.487 e. The van der Waals surface area contributed by atoms with Crippen molar-refractivity contribution in [1.82, 2.24) is 20.3 Å². The molecule has 0 fully saturated rings. The van der Waals surface area contributed by atoms with Crippen molar-refractivity contribution in [3.8, 4) is 17.0 Å². The molecule has 1 amide bonds. The maximum atomic E-state index is 12.1. The predicted octanol–water partition coefficient (Wildman–Crippen LogP) is 4.51. The number of ether oxygens (including phenoxy) is 1. The van der Waals surface area contributed by atoms with Crippen LogP contribution in [0, 0.1) is 0 Å². The lowest BCUT2D eigenvalue weighted by atomic mass is 10.2. The molecule has 154 valence electrons. The summed E-state index contributed by atoms with van der Waals surface area (Å²) in [6, 6.07) is 17.1. The smallest absolute Gasteiger partial charge is 0.244 e. The number of carbonyl (C=O) groups is 1. The number of nitrogens with one attached hydrogen (secondary N) is 1. The number of aromatic nitrogens is 3. The zero-order chi connectivity index (χ0) is 21.3. The summed E-state index contributed by atoms with van der Waals surface area (Å²) in [5, 5.41) is 5.69. The molecule has 0 atom stereocenters. The van der Waals surface area contributed by atoms with E-state index < -0.39 is 0 Å². The Labute approximate surface area is 184 Å². The van der Waals surface area contributed by atoms with E-state index in [1.807, 2.05) is 60.0 Å². The zero-order valence-electron chi connectivity index (χ0n) is 16.6. The molecule has 3 aromatic heterocycles. The van der Waals surface area contributed by atoms with Crippen LogP contribution in [0.2, 0.25) is 0 Å². The average Bonchev–Trinajstić information content (AvgIpc) is 3.31. The molecule has 0 saturated carbocycles. The fourth-order valence-corrected chi connectivity index (χ4v) is 3.50. The Kier molecular flexibility index (Phi) is 6.77. The van der Waals surface area contributed by atoms with Crippen molar-refractivity contribution in [3.63, 3.8) is 0 Å². The monoisotopic (exact) mass is 428 g/mol. The first-order chi connectivity index (χ1) is 15.3. The summed E-state index contributed by atoms with van der Waals surface area (Å²) in [5.41, 5.74) is 3.68. The molecule has 4 rings (SSSR count). The molecule has 31 heavy (non-hydrogen) atoms. The summed E-state index contributed by atoms with van der Waals surface area (Å²) >= 11 is 1.52. The molecule has 7 heteroatoms. The fourth-order valence-electron chi connectivity index (χ4n) is 2.76. The number of carbonyl (C=O) groups excluding carboxylic acids is 1. The van der Waals surface area contributed by atoms with Gasteiger partial charge in [-0.3, -0.25) is 14.8 Å². The van der Waals surface area contributed by atoms with Crippen LogP contribution in [0.15, 0.2) is 84.6 Å². The molecule has 0 radical (unpaired) electrons. The molecule has 4 aromatic rings. The molecule has 0 aliphatic rings. The van der Waals surface area contributed by atoms with E-state index in [0.717, 1.165) is 33.3 Å². The highest BCUT2D eigenvalue weighted by Gasteiger charge is 2.05. The van der Waals surface area contributed by atoms with Crippen LogP contribution in [-0.4, -0.2) is 20.9 Å². The van der Waals surface area contributed by atoms with Crippen LogP contribution in [0.5, 0.6) is 5.75 Å². The molecular weight excluding hydrogens is 408 g/mol. The fraction of sp³-hybridized carbons (Fsp3) is 0.0833. The number of nitrogens with zero attached hydrogens (tertiary/aromatic N) is 3. The van der Waals surface area contributed by atoms with Gasteiger partial charge in [-0.25, -0.2) is 4.98 Å². The third-order valence-corrected chi connectivity index (χ3v) is 5.21. The van der Waals surface area contributed by atoms with Gasteiger partial charge in [-0.05, 0) is 48.0 Å². The Bertz CT molecular complexity index is 1140. The molecule has 3 heterocycles. The Balaban J connectivity index is 1.25. The van der Waals surface area contributed by atoms with E-state index in [2.05, 4.69) is 20.3 Å². The Hall–Kier alpha value is -3.84. The van der Waals surface area contributed by atoms with Gasteiger partial charge in [0.1, 0.15) is 17.4 Å². The van der Waals surface area contributed by atoms with E-state index >= 15 is 0 Å². The lowest BCUT2D eigenvalue weighted by Crippen LogP contribution is -2.20. The van der Waals surface area contributed by atoms with Crippen molar-refractivity contribution in [2.45, 2.75) is 13.2 Å². The number of amides is 1. The number of hydrogen-bond acceptors (Lipinski definition) is 6. The molecule has 0 spiro atoms. The summed E-state index contributed by atoms with van der Waals surface area (Å²) in [6.45, 7) is 0.803. The van der Waals surface area contributed by atoms with Crippen LogP contribution < -0.4 is 10.1 Å². The van der Waals surface area contributed by atoms with Crippen molar-refractivity contribution in [1.29, 1.82) is 0 Å². The van der Waals surface area contributed by atoms with E-state index in [-0.39, 0.29) is 5.91 Å². The second-order valence-electron chi connectivity index (χ2n) is 6.59. The highest BCUT2D eigenvalue weighted by atomic mass is 32.1. The number of benzene rings is 1. The second kappa shape index (κ2) is 10.3. The molecule has 1 N–H and O–H groups in total. The highest BCUT2D eigenvalue weighted by Crippen LogP contribution is 2.21. The molecule has 0 saturated heterocycles. The van der Waals surface area contributed by atoms with Gasteiger partial charge in [0.2, 0.25) is 5.91 Å². The van der Waals surface area contributed by atoms with Gasteiger partial charge < -0.3 is 10.1 Å². The third-order valence-electron chi connectivity index (χ3n) is 4.36. The SMILES string of the molecule is O=C(/C=C/c1ccc(OCc2ccccn2)cc1)NCc1nc(-c2ccncc2)cs1. The van der Waals surface area contributed by atoms with E-state index in [9.17, 15) is 4.79 Å². The topological polar surface area (TPSA) is 77.0 Å². The number of rotatable bonds is 8. The lowest BCUT2D eigenvalue weighted by molar-refractivity contribution is -0.116. The highest BCUT2D eigenvalue weighted by molar-refractivity contribution is 7.09. The van der Waals surface area contributed by atoms with Crippen molar-refractivity contribution in [2.75, 3.05) is 0 Å². The molecule has 1 aromatic carbocycles. The first-order valence-electron chi connectivity index (χ1n) is 9.70. The van der Waals surface area contributed by atoms with Crippen molar-refractivity contribution in [2.24, 2.45) is 0 Å². The van der Waals surface area contributed by atoms with E-state index in [1.165, 1.54) is 17.4 Å². The predicted molar refractivity (Wildman–Crippen MR) is 121 cm³/mol. The van der Waals surface area contributed by atoms with Gasteiger partial charge in [0.15, 0.2) is 0 Å². The molecule has 0 aliphatic heterocycles. The van der Waals surface area contributed by atoms with Crippen LogP contribution in [0.25, 0.3) is 17.3 Å². The molecular formula is C24H20N4O2S. The van der Waals surface area contributed by atoms with Crippen LogP contribution in [0.1, 0.15) is 16.3 Å². The second-order valence-corrected chi connectivity index (χ2v) is 7.53. The number of hydrogen-bond donors (Lipinski definition) is 1. The van der Waals surface area contributed by atoms with Crippen molar-refractivity contribution < 1.29 is 9.53 Å². The number of pyridine rings is 2. The normalized spacial score (nSPS) is 10.8. The summed E-state index contributed by atoms with van der Waals surface area (Å²) in [6.07, 6.45) is 8.50. The first-order valence-corrected chi connectivity index (χ1v) is 10.6. The summed E-state index contributed by atoms with van der Waals surface area (Å²) in [4.78, 5) is 24.9. The van der Waals surface area contributed by atoms with Gasteiger partial charge in [0.05, 0.1) is 17.9 Å². The summed E-state index contributed by atoms with van der Waals surface area (Å²) in [7, 11) is 0. The molecule has 0 aliphatic carbocycles. The average molecular weight is 429 g/mol. The summed E-state index contributed by atoms with van der Waals surface area (Å²) in [5.74, 6) is 0.581. The largest absolute Gasteiger partial charge is 0.487 e. The lowest BCUT2D eigenvalue weighted by Gasteiger charge is -2.05. The van der Waals surface area contributed by atoms with E-state index in [4.69, 9.17) is 4.74 Å². The Morgan fingerprint density at radius 1 is 1.03 bits per heavy atom. The summed E-state index contributed by atoms with van der Waals surface area (Å²) < 4.78 is 5.72. The molecule has 0 bridgehead atoms. The number of thiazole rings is 1. The third kappa shape index (κ3) is 6.07. The minimum atomic E-state index is -0.170. The van der Waals surface area contributed by atoms with E-state index in [1.54, 1.807) is 24.7 Å². The first kappa shape index (κ1) is 20.4. The Morgan fingerprint density at radius 3 is 2.65 bits per heavy atom. The Morgan fingerprint density at radius 2 is 1.87 bits per heavy atom. The van der Waals surface area contributed by atoms with Crippen LogP contribution >= 0.6 is 11.3 Å². The van der Waals surface area contributed by atoms with Crippen molar-refractivity contribution in [3.05, 3.63) is 101 Å². The molecule has 6 nitrogen and oxygen atoms in total. The van der Waals surface area contributed by atoms with Gasteiger partial charge >= 0.3 is 0 Å². The quantitative estimate of drug-likeness (QED) is 0.418. The van der Waals surface area contributed by atoms with Crippen LogP contribution in [-0.2, 0) is 17.9 Å². The van der Waals surface area contributed by atoms with Gasteiger partial charge in [-0.2, -0.15) is 0 Å². The standard InChI is InChI=1S/C24H20N4O2S/c29-23(27-15-24-28-22(17-31-24)19-10-13-25-14-11-19)9-6-18-4-7-21(8-5-18)30-16-20-3-1-2-12-26-20/h1-14,17H,15-16H2,(H,27,29)/b9-6+. The van der Waals surface area contributed by atoms with Gasteiger partial charge in [-0.1, -0.05) is 18.2 Å². The van der Waals surface area contributed by atoms with Gasteiger partial charge in [0, 0.05) is 35.6 Å². The van der Waals surface area contributed by atoms with Crippen molar-refractivity contribution >= 4 is 23.3 Å². The maximum Gasteiger partial charge on any atom is 0.244 e. The van der Waals surface area contributed by atoms with Crippen LogP contribution in [0.3, 0.4) is 0 Å². The maximum absolute atomic E-state index is 12.1. The van der Waals surface area contributed by atoms with Crippen LogP contribution in [0.4, 0.5) is 0 Å².